The Balaban J connectivity index is 1.85. The maximum absolute atomic E-state index is 12.7. The molecule has 0 unspecified atom stereocenters. The maximum atomic E-state index is 12.7. The van der Waals surface area contributed by atoms with Gasteiger partial charge in [0.15, 0.2) is 5.82 Å². The van der Waals surface area contributed by atoms with Crippen molar-refractivity contribution >= 4 is 17.5 Å². The van der Waals surface area contributed by atoms with E-state index in [2.05, 4.69) is 29.1 Å². The van der Waals surface area contributed by atoms with E-state index in [0.717, 1.165) is 43.1 Å². The van der Waals surface area contributed by atoms with Crippen molar-refractivity contribution < 1.29 is 4.79 Å². The Morgan fingerprint density at radius 2 is 2.12 bits per heavy atom. The van der Waals surface area contributed by atoms with Gasteiger partial charge in [-0.1, -0.05) is 19.9 Å². The molecule has 1 fully saturated rings. The van der Waals surface area contributed by atoms with Crippen LogP contribution in [0.4, 0.5) is 11.6 Å². The summed E-state index contributed by atoms with van der Waals surface area (Å²) in [5.74, 6) is 2.74. The van der Waals surface area contributed by atoms with Crippen LogP contribution >= 0.6 is 0 Å². The molecule has 138 valence electrons. The average molecular weight is 353 g/mol. The molecule has 0 radical (unpaired) electrons. The fourth-order valence-corrected chi connectivity index (χ4v) is 3.34. The van der Waals surface area contributed by atoms with Crippen molar-refractivity contribution in [2.75, 3.05) is 11.9 Å². The Labute approximate surface area is 155 Å². The second-order valence-electron chi connectivity index (χ2n) is 7.29. The number of carbonyl (C=O) groups excluding carboxylic acids is 1. The Morgan fingerprint density at radius 3 is 2.85 bits per heavy atom. The summed E-state index contributed by atoms with van der Waals surface area (Å²) < 4.78 is 0. The minimum Gasteiger partial charge on any atom is -0.332 e. The third-order valence-corrected chi connectivity index (χ3v) is 4.50. The molecular formula is C20H27N5O. The van der Waals surface area contributed by atoms with E-state index in [-0.39, 0.29) is 11.9 Å². The van der Waals surface area contributed by atoms with E-state index in [9.17, 15) is 4.79 Å². The molecule has 1 amide bonds. The van der Waals surface area contributed by atoms with Crippen LogP contribution in [0.3, 0.4) is 0 Å². The first-order chi connectivity index (χ1) is 12.5. The van der Waals surface area contributed by atoms with Gasteiger partial charge >= 0.3 is 0 Å². The second kappa shape index (κ2) is 8.25. The first-order valence-electron chi connectivity index (χ1n) is 9.36. The van der Waals surface area contributed by atoms with Gasteiger partial charge in [-0.15, -0.1) is 0 Å². The fraction of sp³-hybridized carbons (Fsp3) is 0.500. The molecule has 0 bridgehead atoms. The van der Waals surface area contributed by atoms with Crippen LogP contribution < -0.4 is 5.32 Å². The molecule has 0 saturated carbocycles. The average Bonchev–Trinajstić information content (AvgIpc) is 2.61. The van der Waals surface area contributed by atoms with Gasteiger partial charge in [-0.05, 0) is 44.2 Å². The number of likely N-dealkylation sites (tertiary alicyclic amines) is 1. The first kappa shape index (κ1) is 18.3. The summed E-state index contributed by atoms with van der Waals surface area (Å²) in [4.78, 5) is 28.3. The van der Waals surface area contributed by atoms with Crippen LogP contribution in [0.25, 0.3) is 0 Å². The number of nitrogens with zero attached hydrogens (tertiary/aromatic N) is 4. The van der Waals surface area contributed by atoms with Crippen molar-refractivity contribution in [3.63, 3.8) is 0 Å². The van der Waals surface area contributed by atoms with Crippen LogP contribution in [-0.4, -0.2) is 32.3 Å². The molecule has 3 heterocycles. The topological polar surface area (TPSA) is 71.0 Å². The summed E-state index contributed by atoms with van der Waals surface area (Å²) in [5, 5.41) is 3.23. The summed E-state index contributed by atoms with van der Waals surface area (Å²) in [5.41, 5.74) is 0.885. The van der Waals surface area contributed by atoms with Crippen LogP contribution in [0, 0.1) is 12.8 Å². The molecule has 6 nitrogen and oxygen atoms in total. The number of aromatic nitrogens is 3. The maximum Gasteiger partial charge on any atom is 0.223 e. The summed E-state index contributed by atoms with van der Waals surface area (Å²) in [6.07, 6.45) is 5.37. The molecule has 1 aliphatic rings. The minimum absolute atomic E-state index is 0.0424. The van der Waals surface area contributed by atoms with E-state index in [0.29, 0.717) is 18.2 Å². The number of hydrogen-bond acceptors (Lipinski definition) is 5. The van der Waals surface area contributed by atoms with Crippen LogP contribution in [0.1, 0.15) is 57.1 Å². The van der Waals surface area contributed by atoms with Crippen molar-refractivity contribution in [3.8, 4) is 0 Å². The van der Waals surface area contributed by atoms with E-state index in [1.807, 2.05) is 36.1 Å². The standard InChI is InChI=1S/C20H27N5O/c1-14(2)12-19(26)25-11-7-5-8-16(25)20-22-15(3)13-18(24-20)23-17-9-4-6-10-21-17/h4,6,9-10,13-14,16H,5,7-8,11-12H2,1-3H3,(H,21,22,23,24)/t16-/m0/s1. The van der Waals surface area contributed by atoms with E-state index in [1.54, 1.807) is 6.20 Å². The van der Waals surface area contributed by atoms with Crippen LogP contribution in [-0.2, 0) is 4.79 Å². The highest BCUT2D eigenvalue weighted by atomic mass is 16.2. The van der Waals surface area contributed by atoms with Gasteiger partial charge in [0.25, 0.3) is 0 Å². The van der Waals surface area contributed by atoms with Crippen molar-refractivity contribution in [1.29, 1.82) is 0 Å². The molecule has 1 N–H and O–H groups in total. The number of rotatable bonds is 5. The zero-order valence-corrected chi connectivity index (χ0v) is 15.8. The lowest BCUT2D eigenvalue weighted by Gasteiger charge is -2.35. The van der Waals surface area contributed by atoms with Gasteiger partial charge in [0, 0.05) is 30.9 Å². The number of nitrogens with one attached hydrogen (secondary N) is 1. The summed E-state index contributed by atoms with van der Waals surface area (Å²) >= 11 is 0. The Bertz CT molecular complexity index is 747. The monoisotopic (exact) mass is 353 g/mol. The van der Waals surface area contributed by atoms with E-state index < -0.39 is 0 Å². The number of piperidine rings is 1. The van der Waals surface area contributed by atoms with Crippen LogP contribution in [0.5, 0.6) is 0 Å². The molecular weight excluding hydrogens is 326 g/mol. The van der Waals surface area contributed by atoms with Crippen molar-refractivity contribution in [2.24, 2.45) is 5.92 Å². The lowest BCUT2D eigenvalue weighted by Crippen LogP contribution is -2.39. The number of aryl methyl sites for hydroxylation is 1. The Kier molecular flexibility index (Phi) is 5.81. The van der Waals surface area contributed by atoms with E-state index in [4.69, 9.17) is 4.98 Å². The quantitative estimate of drug-likeness (QED) is 0.879. The second-order valence-corrected chi connectivity index (χ2v) is 7.29. The van der Waals surface area contributed by atoms with Crippen LogP contribution in [0.15, 0.2) is 30.5 Å². The Hall–Kier alpha value is -2.50. The smallest absolute Gasteiger partial charge is 0.223 e. The van der Waals surface area contributed by atoms with Gasteiger partial charge in [0.1, 0.15) is 11.6 Å². The van der Waals surface area contributed by atoms with Gasteiger partial charge in [-0.3, -0.25) is 4.79 Å². The zero-order valence-electron chi connectivity index (χ0n) is 15.8. The van der Waals surface area contributed by atoms with Gasteiger partial charge in [-0.2, -0.15) is 0 Å². The lowest BCUT2D eigenvalue weighted by molar-refractivity contribution is -0.136. The van der Waals surface area contributed by atoms with Gasteiger partial charge in [0.2, 0.25) is 5.91 Å². The number of hydrogen-bond donors (Lipinski definition) is 1. The molecule has 3 rings (SSSR count). The molecule has 0 spiro atoms. The van der Waals surface area contributed by atoms with Crippen molar-refractivity contribution in [2.45, 2.75) is 52.5 Å². The largest absolute Gasteiger partial charge is 0.332 e. The summed E-state index contributed by atoms with van der Waals surface area (Å²) in [6.45, 7) is 6.90. The van der Waals surface area contributed by atoms with Crippen molar-refractivity contribution in [1.82, 2.24) is 19.9 Å². The molecule has 0 aliphatic carbocycles. The molecule has 1 saturated heterocycles. The third-order valence-electron chi connectivity index (χ3n) is 4.50. The lowest BCUT2D eigenvalue weighted by atomic mass is 9.99. The van der Waals surface area contributed by atoms with Crippen LogP contribution in [0.2, 0.25) is 0 Å². The summed E-state index contributed by atoms with van der Waals surface area (Å²) in [7, 11) is 0. The first-order valence-corrected chi connectivity index (χ1v) is 9.36. The molecule has 0 aromatic carbocycles. The zero-order chi connectivity index (χ0) is 18.5. The van der Waals surface area contributed by atoms with Gasteiger partial charge < -0.3 is 10.2 Å². The molecule has 26 heavy (non-hydrogen) atoms. The number of carbonyl (C=O) groups is 1. The molecule has 1 atom stereocenters. The predicted molar refractivity (Wildman–Crippen MR) is 102 cm³/mol. The Morgan fingerprint density at radius 1 is 1.27 bits per heavy atom. The normalized spacial score (nSPS) is 17.4. The predicted octanol–water partition coefficient (Wildman–Crippen LogP) is 4.02. The molecule has 2 aromatic rings. The highest BCUT2D eigenvalue weighted by molar-refractivity contribution is 5.77. The number of pyridine rings is 1. The van der Waals surface area contributed by atoms with E-state index in [1.165, 1.54) is 0 Å². The van der Waals surface area contributed by atoms with E-state index >= 15 is 0 Å². The van der Waals surface area contributed by atoms with Crippen molar-refractivity contribution in [3.05, 3.63) is 42.0 Å². The SMILES string of the molecule is Cc1cc(Nc2ccccn2)nc([C@@H]2CCCCN2C(=O)CC(C)C)n1. The highest BCUT2D eigenvalue weighted by Gasteiger charge is 2.30. The highest BCUT2D eigenvalue weighted by Crippen LogP contribution is 2.31. The summed E-state index contributed by atoms with van der Waals surface area (Å²) in [6, 6.07) is 7.57. The van der Waals surface area contributed by atoms with Gasteiger partial charge in [0.05, 0.1) is 6.04 Å². The fourth-order valence-electron chi connectivity index (χ4n) is 3.34. The molecule has 2 aromatic heterocycles. The number of anilines is 2. The molecule has 6 heteroatoms. The van der Waals surface area contributed by atoms with Gasteiger partial charge in [-0.25, -0.2) is 15.0 Å². The third kappa shape index (κ3) is 4.56. The minimum atomic E-state index is -0.0424. The molecule has 1 aliphatic heterocycles. The number of amides is 1.